The Bertz CT molecular complexity index is 501. The molecule has 0 atom stereocenters. The summed E-state index contributed by atoms with van der Waals surface area (Å²) in [6.45, 7) is 5.40. The molecule has 0 radical (unpaired) electrons. The van der Waals surface area contributed by atoms with Crippen molar-refractivity contribution < 1.29 is 19.4 Å². The lowest BCUT2D eigenvalue weighted by atomic mass is 10.0. The fourth-order valence-corrected chi connectivity index (χ4v) is 1.77. The summed E-state index contributed by atoms with van der Waals surface area (Å²) < 4.78 is 10.6. The van der Waals surface area contributed by atoms with E-state index in [0.29, 0.717) is 11.3 Å². The van der Waals surface area contributed by atoms with Gasteiger partial charge in [-0.05, 0) is 44.0 Å². The van der Waals surface area contributed by atoms with E-state index in [1.807, 2.05) is 13.8 Å². The van der Waals surface area contributed by atoms with Gasteiger partial charge in [0.05, 0.1) is 14.2 Å². The van der Waals surface area contributed by atoms with Crippen LogP contribution in [0.15, 0.2) is 11.6 Å². The minimum atomic E-state index is -0.950. The van der Waals surface area contributed by atoms with Crippen LogP contribution in [-0.2, 0) is 4.79 Å². The van der Waals surface area contributed by atoms with Crippen LogP contribution in [0.3, 0.4) is 0 Å². The molecule has 0 heterocycles. The zero-order valence-corrected chi connectivity index (χ0v) is 11.3. The number of carbonyl (C=O) groups is 1. The van der Waals surface area contributed by atoms with Crippen LogP contribution in [0.2, 0.25) is 0 Å². The molecule has 0 spiro atoms. The highest BCUT2D eigenvalue weighted by atomic mass is 16.5. The maximum atomic E-state index is 10.9. The van der Waals surface area contributed by atoms with E-state index in [2.05, 4.69) is 0 Å². The van der Waals surface area contributed by atoms with E-state index in [-0.39, 0.29) is 5.57 Å². The van der Waals surface area contributed by atoms with Crippen LogP contribution in [0, 0.1) is 13.8 Å². The molecule has 0 saturated carbocycles. The molecule has 4 heteroatoms. The Morgan fingerprint density at radius 3 is 2.28 bits per heavy atom. The van der Waals surface area contributed by atoms with E-state index in [0.717, 1.165) is 16.9 Å². The Morgan fingerprint density at radius 1 is 1.22 bits per heavy atom. The highest BCUT2D eigenvalue weighted by molar-refractivity contribution is 5.92. The first-order chi connectivity index (χ1) is 8.42. The molecule has 1 rings (SSSR count). The smallest absolute Gasteiger partial charge is 0.331 e. The van der Waals surface area contributed by atoms with E-state index in [4.69, 9.17) is 14.6 Å². The number of ether oxygens (including phenoxy) is 2. The van der Waals surface area contributed by atoms with Crippen molar-refractivity contribution in [1.82, 2.24) is 0 Å². The second kappa shape index (κ2) is 5.58. The first kappa shape index (κ1) is 14.1. The van der Waals surface area contributed by atoms with Crippen molar-refractivity contribution in [2.75, 3.05) is 14.2 Å². The average Bonchev–Trinajstić information content (AvgIpc) is 2.33. The molecule has 0 unspecified atom stereocenters. The summed E-state index contributed by atoms with van der Waals surface area (Å²) in [5.74, 6) is 0.445. The van der Waals surface area contributed by atoms with Crippen LogP contribution in [0.4, 0.5) is 0 Å². The van der Waals surface area contributed by atoms with Gasteiger partial charge in [0.1, 0.15) is 11.5 Å². The fraction of sp³-hybridized carbons (Fsp3) is 0.357. The number of aliphatic carboxylic acids is 1. The van der Waals surface area contributed by atoms with E-state index >= 15 is 0 Å². The summed E-state index contributed by atoms with van der Waals surface area (Å²) >= 11 is 0. The number of rotatable bonds is 4. The van der Waals surface area contributed by atoms with E-state index in [1.165, 1.54) is 0 Å². The third-order valence-electron chi connectivity index (χ3n) is 2.95. The van der Waals surface area contributed by atoms with Crippen LogP contribution >= 0.6 is 0 Å². The monoisotopic (exact) mass is 250 g/mol. The molecule has 0 fully saturated rings. The lowest BCUT2D eigenvalue weighted by Gasteiger charge is -2.15. The zero-order chi connectivity index (χ0) is 13.9. The Morgan fingerprint density at radius 2 is 1.83 bits per heavy atom. The molecular weight excluding hydrogens is 232 g/mol. The van der Waals surface area contributed by atoms with Gasteiger partial charge in [0.2, 0.25) is 0 Å². The Hall–Kier alpha value is -1.97. The third-order valence-corrected chi connectivity index (χ3v) is 2.95. The molecule has 0 bridgehead atoms. The highest BCUT2D eigenvalue weighted by Crippen LogP contribution is 2.34. The van der Waals surface area contributed by atoms with Crippen LogP contribution in [0.1, 0.15) is 23.6 Å². The van der Waals surface area contributed by atoms with Crippen LogP contribution in [0.25, 0.3) is 6.08 Å². The van der Waals surface area contributed by atoms with E-state index in [9.17, 15) is 4.79 Å². The Balaban J connectivity index is 3.47. The summed E-state index contributed by atoms with van der Waals surface area (Å²) in [6.07, 6.45) is 1.58. The minimum absolute atomic E-state index is 0.249. The lowest BCUT2D eigenvalue weighted by molar-refractivity contribution is -0.132. The molecule has 1 aromatic carbocycles. The van der Waals surface area contributed by atoms with Crippen molar-refractivity contribution in [3.05, 3.63) is 28.3 Å². The molecule has 1 N–H and O–H groups in total. The van der Waals surface area contributed by atoms with Crippen molar-refractivity contribution in [2.45, 2.75) is 20.8 Å². The third kappa shape index (κ3) is 2.64. The average molecular weight is 250 g/mol. The largest absolute Gasteiger partial charge is 0.496 e. The first-order valence-corrected chi connectivity index (χ1v) is 5.56. The molecule has 1 aromatic rings. The molecule has 0 amide bonds. The number of hydrogen-bond acceptors (Lipinski definition) is 3. The minimum Gasteiger partial charge on any atom is -0.496 e. The topological polar surface area (TPSA) is 55.8 Å². The van der Waals surface area contributed by atoms with Gasteiger partial charge < -0.3 is 14.6 Å². The lowest BCUT2D eigenvalue weighted by Crippen LogP contribution is -2.00. The van der Waals surface area contributed by atoms with Gasteiger partial charge in [0.15, 0.2) is 0 Å². The van der Waals surface area contributed by atoms with Gasteiger partial charge in [-0.1, -0.05) is 0 Å². The van der Waals surface area contributed by atoms with Crippen LogP contribution in [0.5, 0.6) is 11.5 Å². The second-order valence-corrected chi connectivity index (χ2v) is 4.08. The summed E-state index contributed by atoms with van der Waals surface area (Å²) in [4.78, 5) is 10.9. The SMILES string of the molecule is COc1cc(/C=C(\C)C(=O)O)c(OC)c(C)c1C. The van der Waals surface area contributed by atoms with Crippen molar-refractivity contribution in [3.63, 3.8) is 0 Å². The van der Waals surface area contributed by atoms with Gasteiger partial charge in [-0.2, -0.15) is 0 Å². The van der Waals surface area contributed by atoms with E-state index in [1.54, 1.807) is 33.3 Å². The van der Waals surface area contributed by atoms with Gasteiger partial charge in [0, 0.05) is 11.1 Å². The number of carboxylic acid groups (broad SMARTS) is 1. The standard InChI is InChI=1S/C14H18O4/c1-8(14(15)16)6-11-7-12(17-4)9(2)10(3)13(11)18-5/h6-7H,1-5H3,(H,15,16)/b8-6+. The normalized spacial score (nSPS) is 11.3. The van der Waals surface area contributed by atoms with E-state index < -0.39 is 5.97 Å². The molecule has 4 nitrogen and oxygen atoms in total. The van der Waals surface area contributed by atoms with Crippen molar-refractivity contribution in [3.8, 4) is 11.5 Å². The highest BCUT2D eigenvalue weighted by Gasteiger charge is 2.13. The molecule has 0 saturated heterocycles. The van der Waals surface area contributed by atoms with Crippen molar-refractivity contribution in [1.29, 1.82) is 0 Å². The predicted molar refractivity (Wildman–Crippen MR) is 70.3 cm³/mol. The molecule has 18 heavy (non-hydrogen) atoms. The maximum Gasteiger partial charge on any atom is 0.331 e. The van der Waals surface area contributed by atoms with Crippen molar-refractivity contribution >= 4 is 12.0 Å². The molecule has 0 aliphatic carbocycles. The molecule has 98 valence electrons. The molecule has 0 aliphatic heterocycles. The quantitative estimate of drug-likeness (QED) is 0.835. The van der Waals surface area contributed by atoms with Gasteiger partial charge in [-0.25, -0.2) is 4.79 Å². The number of carboxylic acids is 1. The van der Waals surface area contributed by atoms with Gasteiger partial charge in [-0.3, -0.25) is 0 Å². The van der Waals surface area contributed by atoms with Crippen molar-refractivity contribution in [2.24, 2.45) is 0 Å². The van der Waals surface area contributed by atoms with Crippen LogP contribution in [-0.4, -0.2) is 25.3 Å². The van der Waals surface area contributed by atoms with Crippen LogP contribution < -0.4 is 9.47 Å². The number of hydrogen-bond donors (Lipinski definition) is 1. The summed E-state index contributed by atoms with van der Waals surface area (Å²) in [5, 5.41) is 8.92. The zero-order valence-electron chi connectivity index (χ0n) is 11.3. The predicted octanol–water partition coefficient (Wildman–Crippen LogP) is 2.81. The summed E-state index contributed by atoms with van der Waals surface area (Å²) in [7, 11) is 3.16. The Kier molecular flexibility index (Phi) is 4.37. The summed E-state index contributed by atoms with van der Waals surface area (Å²) in [5.41, 5.74) is 2.89. The number of methoxy groups -OCH3 is 2. The molecule has 0 aliphatic rings. The fourth-order valence-electron chi connectivity index (χ4n) is 1.77. The first-order valence-electron chi connectivity index (χ1n) is 5.56. The van der Waals surface area contributed by atoms with Gasteiger partial charge >= 0.3 is 5.97 Å². The number of benzene rings is 1. The van der Waals surface area contributed by atoms with Gasteiger partial charge in [-0.15, -0.1) is 0 Å². The second-order valence-electron chi connectivity index (χ2n) is 4.08. The maximum absolute atomic E-state index is 10.9. The molecular formula is C14H18O4. The Labute approximate surface area is 107 Å². The molecule has 0 aromatic heterocycles. The summed E-state index contributed by atoms with van der Waals surface area (Å²) in [6, 6.07) is 1.79. The van der Waals surface area contributed by atoms with Gasteiger partial charge in [0.25, 0.3) is 0 Å².